The first kappa shape index (κ1) is 12.1. The van der Waals surface area contributed by atoms with Crippen LogP contribution in [0.25, 0.3) is 0 Å². The number of methoxy groups -OCH3 is 1. The molecule has 0 amide bonds. The molecule has 4 nitrogen and oxygen atoms in total. The van der Waals surface area contributed by atoms with Gasteiger partial charge in [-0.3, -0.25) is 9.78 Å². The molecule has 0 unspecified atom stereocenters. The number of hydrogen-bond donors (Lipinski definition) is 0. The summed E-state index contributed by atoms with van der Waals surface area (Å²) in [5.41, 5.74) is 0.547. The van der Waals surface area contributed by atoms with E-state index in [4.69, 9.17) is 9.47 Å². The number of hydrogen-bond acceptors (Lipinski definition) is 4. The molecule has 0 bridgehead atoms. The highest BCUT2D eigenvalue weighted by molar-refractivity contribution is 5.96. The minimum absolute atomic E-state index is 0.00196. The Morgan fingerprint density at radius 2 is 1.89 bits per heavy atom. The second-order valence-corrected chi connectivity index (χ2v) is 3.63. The van der Waals surface area contributed by atoms with Crippen LogP contribution >= 0.6 is 0 Å². The summed E-state index contributed by atoms with van der Waals surface area (Å²) in [6, 6.07) is 10.5. The molecular formula is C14H13NO3. The van der Waals surface area contributed by atoms with Crippen molar-refractivity contribution >= 4 is 5.78 Å². The lowest BCUT2D eigenvalue weighted by Gasteiger charge is -2.06. The van der Waals surface area contributed by atoms with Crippen molar-refractivity contribution in [2.45, 2.75) is 0 Å². The SMILES string of the molecule is COc1ccc(OCC(=O)c2cccnc2)cc1. The van der Waals surface area contributed by atoms with Crippen LogP contribution in [0.3, 0.4) is 0 Å². The largest absolute Gasteiger partial charge is 0.497 e. The van der Waals surface area contributed by atoms with Crippen molar-refractivity contribution in [1.82, 2.24) is 4.98 Å². The summed E-state index contributed by atoms with van der Waals surface area (Å²) in [6.45, 7) is -0.00196. The van der Waals surface area contributed by atoms with Gasteiger partial charge in [-0.2, -0.15) is 0 Å². The summed E-state index contributed by atoms with van der Waals surface area (Å²) in [6.07, 6.45) is 3.15. The van der Waals surface area contributed by atoms with Crippen molar-refractivity contribution in [3.8, 4) is 11.5 Å². The van der Waals surface area contributed by atoms with Crippen LogP contribution in [0.4, 0.5) is 0 Å². The topological polar surface area (TPSA) is 48.4 Å². The summed E-state index contributed by atoms with van der Waals surface area (Å²) in [4.78, 5) is 15.6. The predicted octanol–water partition coefficient (Wildman–Crippen LogP) is 2.35. The molecular weight excluding hydrogens is 230 g/mol. The second-order valence-electron chi connectivity index (χ2n) is 3.63. The Labute approximate surface area is 105 Å². The third-order valence-corrected chi connectivity index (χ3v) is 2.41. The Balaban J connectivity index is 1.93. The predicted molar refractivity (Wildman–Crippen MR) is 67.1 cm³/mol. The molecule has 0 saturated heterocycles. The smallest absolute Gasteiger partial charge is 0.201 e. The third kappa shape index (κ3) is 3.07. The van der Waals surface area contributed by atoms with E-state index in [1.165, 1.54) is 6.20 Å². The van der Waals surface area contributed by atoms with E-state index in [-0.39, 0.29) is 12.4 Å². The van der Waals surface area contributed by atoms with Crippen LogP contribution in [0.2, 0.25) is 0 Å². The number of pyridine rings is 1. The van der Waals surface area contributed by atoms with E-state index in [9.17, 15) is 4.79 Å². The molecule has 4 heteroatoms. The van der Waals surface area contributed by atoms with Crippen LogP contribution in [0.15, 0.2) is 48.8 Å². The first-order valence-corrected chi connectivity index (χ1v) is 5.49. The zero-order chi connectivity index (χ0) is 12.8. The first-order valence-electron chi connectivity index (χ1n) is 5.49. The summed E-state index contributed by atoms with van der Waals surface area (Å²) in [7, 11) is 1.60. The first-order chi connectivity index (χ1) is 8.79. The molecule has 1 aromatic heterocycles. The fourth-order valence-corrected chi connectivity index (χ4v) is 1.43. The monoisotopic (exact) mass is 243 g/mol. The molecule has 0 aliphatic rings. The van der Waals surface area contributed by atoms with Gasteiger partial charge in [0.15, 0.2) is 6.61 Å². The fraction of sp³-hybridized carbons (Fsp3) is 0.143. The van der Waals surface area contributed by atoms with Crippen molar-refractivity contribution in [1.29, 1.82) is 0 Å². The van der Waals surface area contributed by atoms with Gasteiger partial charge in [-0.25, -0.2) is 0 Å². The molecule has 0 aliphatic heterocycles. The Bertz CT molecular complexity index is 508. The summed E-state index contributed by atoms with van der Waals surface area (Å²) in [5, 5.41) is 0. The number of aromatic nitrogens is 1. The summed E-state index contributed by atoms with van der Waals surface area (Å²) < 4.78 is 10.4. The lowest BCUT2D eigenvalue weighted by Crippen LogP contribution is -2.11. The van der Waals surface area contributed by atoms with Crippen molar-refractivity contribution in [3.63, 3.8) is 0 Å². The van der Waals surface area contributed by atoms with Crippen LogP contribution in [-0.2, 0) is 0 Å². The average molecular weight is 243 g/mol. The number of nitrogens with zero attached hydrogens (tertiary/aromatic N) is 1. The standard InChI is InChI=1S/C14H13NO3/c1-17-12-4-6-13(7-5-12)18-10-14(16)11-3-2-8-15-9-11/h2-9H,10H2,1H3. The normalized spacial score (nSPS) is 9.83. The van der Waals surface area contributed by atoms with Gasteiger partial charge >= 0.3 is 0 Å². The van der Waals surface area contributed by atoms with E-state index in [0.29, 0.717) is 11.3 Å². The van der Waals surface area contributed by atoms with Gasteiger partial charge in [-0.1, -0.05) is 0 Å². The summed E-state index contributed by atoms with van der Waals surface area (Å²) >= 11 is 0. The van der Waals surface area contributed by atoms with Crippen LogP contribution < -0.4 is 9.47 Å². The molecule has 1 aromatic carbocycles. The molecule has 0 aliphatic carbocycles. The molecule has 2 aromatic rings. The van der Waals surface area contributed by atoms with Crippen molar-refractivity contribution in [2.75, 3.05) is 13.7 Å². The van der Waals surface area contributed by atoms with E-state index in [0.717, 1.165) is 5.75 Å². The number of rotatable bonds is 5. The van der Waals surface area contributed by atoms with E-state index in [1.807, 2.05) is 0 Å². The average Bonchev–Trinajstić information content (AvgIpc) is 2.46. The maximum absolute atomic E-state index is 11.8. The van der Waals surface area contributed by atoms with Crippen LogP contribution in [0.1, 0.15) is 10.4 Å². The molecule has 1 heterocycles. The molecule has 0 spiro atoms. The molecule has 2 rings (SSSR count). The maximum Gasteiger partial charge on any atom is 0.201 e. The number of ether oxygens (including phenoxy) is 2. The molecule has 0 radical (unpaired) electrons. The van der Waals surface area contributed by atoms with Crippen LogP contribution in [0, 0.1) is 0 Å². The van der Waals surface area contributed by atoms with Gasteiger partial charge in [-0.05, 0) is 36.4 Å². The lowest BCUT2D eigenvalue weighted by atomic mass is 10.2. The van der Waals surface area contributed by atoms with Gasteiger partial charge in [-0.15, -0.1) is 0 Å². The molecule has 92 valence electrons. The van der Waals surface area contributed by atoms with Gasteiger partial charge < -0.3 is 9.47 Å². The van der Waals surface area contributed by atoms with Gasteiger partial charge in [0.2, 0.25) is 5.78 Å². The zero-order valence-electron chi connectivity index (χ0n) is 10.00. The highest BCUT2D eigenvalue weighted by Crippen LogP contribution is 2.17. The number of carbonyl (C=O) groups excluding carboxylic acids is 1. The van der Waals surface area contributed by atoms with Crippen molar-refractivity contribution in [3.05, 3.63) is 54.4 Å². The van der Waals surface area contributed by atoms with E-state index < -0.39 is 0 Å². The van der Waals surface area contributed by atoms with Crippen molar-refractivity contribution < 1.29 is 14.3 Å². The Morgan fingerprint density at radius 1 is 1.17 bits per heavy atom. The number of ketones is 1. The Hall–Kier alpha value is -2.36. The van der Waals surface area contributed by atoms with Crippen LogP contribution in [-0.4, -0.2) is 24.5 Å². The molecule has 0 N–H and O–H groups in total. The Morgan fingerprint density at radius 3 is 2.50 bits per heavy atom. The molecule has 0 atom stereocenters. The quantitative estimate of drug-likeness (QED) is 0.756. The zero-order valence-corrected chi connectivity index (χ0v) is 10.00. The molecule has 18 heavy (non-hydrogen) atoms. The minimum atomic E-state index is -0.0982. The minimum Gasteiger partial charge on any atom is -0.497 e. The highest BCUT2D eigenvalue weighted by Gasteiger charge is 2.06. The van der Waals surface area contributed by atoms with E-state index in [1.54, 1.807) is 49.7 Å². The lowest BCUT2D eigenvalue weighted by molar-refractivity contribution is 0.0921. The second kappa shape index (κ2) is 5.82. The highest BCUT2D eigenvalue weighted by atomic mass is 16.5. The third-order valence-electron chi connectivity index (χ3n) is 2.41. The van der Waals surface area contributed by atoms with Gasteiger partial charge in [0, 0.05) is 18.0 Å². The number of Topliss-reactive ketones (excluding diaryl/α,β-unsaturated/α-hetero) is 1. The molecule has 0 fully saturated rings. The number of carbonyl (C=O) groups is 1. The Kier molecular flexibility index (Phi) is 3.91. The van der Waals surface area contributed by atoms with E-state index >= 15 is 0 Å². The van der Waals surface area contributed by atoms with Crippen LogP contribution in [0.5, 0.6) is 11.5 Å². The fourth-order valence-electron chi connectivity index (χ4n) is 1.43. The van der Waals surface area contributed by atoms with Gasteiger partial charge in [0.25, 0.3) is 0 Å². The van der Waals surface area contributed by atoms with Gasteiger partial charge in [0.1, 0.15) is 11.5 Å². The van der Waals surface area contributed by atoms with Crippen molar-refractivity contribution in [2.24, 2.45) is 0 Å². The molecule has 0 saturated carbocycles. The number of benzene rings is 1. The summed E-state index contributed by atoms with van der Waals surface area (Å²) in [5.74, 6) is 1.29. The maximum atomic E-state index is 11.8. The van der Waals surface area contributed by atoms with E-state index in [2.05, 4.69) is 4.98 Å². The van der Waals surface area contributed by atoms with Gasteiger partial charge in [0.05, 0.1) is 7.11 Å².